The number of urea groups is 1. The fourth-order valence-electron chi connectivity index (χ4n) is 2.29. The third-order valence-electron chi connectivity index (χ3n) is 3.42. The lowest BCUT2D eigenvalue weighted by atomic mass is 9.99. The molecule has 0 radical (unpaired) electrons. The summed E-state index contributed by atoms with van der Waals surface area (Å²) in [5.41, 5.74) is 0.955. The Bertz CT molecular complexity index is 533. The van der Waals surface area contributed by atoms with Crippen LogP contribution in [0.25, 0.3) is 0 Å². The van der Waals surface area contributed by atoms with Crippen molar-refractivity contribution < 1.29 is 19.1 Å². The number of aliphatic carboxylic acids is 1. The first-order chi connectivity index (χ1) is 9.47. The van der Waals surface area contributed by atoms with E-state index in [1.807, 2.05) is 0 Å². The van der Waals surface area contributed by atoms with Crippen molar-refractivity contribution in [3.05, 3.63) is 29.6 Å². The van der Waals surface area contributed by atoms with Crippen molar-refractivity contribution >= 4 is 17.7 Å². The van der Waals surface area contributed by atoms with Gasteiger partial charge in [0, 0.05) is 13.1 Å². The van der Waals surface area contributed by atoms with Gasteiger partial charge in [-0.05, 0) is 37.5 Å². The Morgan fingerprint density at radius 1 is 1.45 bits per heavy atom. The molecule has 1 atom stereocenters. The summed E-state index contributed by atoms with van der Waals surface area (Å²) in [7, 11) is 0. The Morgan fingerprint density at radius 2 is 2.20 bits per heavy atom. The van der Waals surface area contributed by atoms with Gasteiger partial charge in [0.25, 0.3) is 0 Å². The zero-order valence-corrected chi connectivity index (χ0v) is 11.2. The van der Waals surface area contributed by atoms with E-state index in [1.165, 1.54) is 11.0 Å². The van der Waals surface area contributed by atoms with Crippen molar-refractivity contribution in [3.8, 4) is 0 Å². The Morgan fingerprint density at radius 3 is 2.90 bits per heavy atom. The molecule has 0 aliphatic carbocycles. The summed E-state index contributed by atoms with van der Waals surface area (Å²) < 4.78 is 13.6. The summed E-state index contributed by atoms with van der Waals surface area (Å²) in [6, 6.07) is 4.00. The average molecular weight is 280 g/mol. The maximum absolute atomic E-state index is 13.6. The molecular formula is C14H17FN2O3. The Balaban J connectivity index is 2.04. The number of anilines is 1. The van der Waals surface area contributed by atoms with Gasteiger partial charge in [0.15, 0.2) is 0 Å². The number of hydrogen-bond acceptors (Lipinski definition) is 2. The number of carbonyl (C=O) groups is 2. The topological polar surface area (TPSA) is 69.6 Å². The molecule has 20 heavy (non-hydrogen) atoms. The van der Waals surface area contributed by atoms with Crippen LogP contribution in [0.5, 0.6) is 0 Å². The Kier molecular flexibility index (Phi) is 4.22. The first-order valence-corrected chi connectivity index (χ1v) is 6.52. The number of carboxylic acid groups (broad SMARTS) is 1. The molecule has 0 saturated carbocycles. The number of likely N-dealkylation sites (tertiary alicyclic amines) is 1. The first-order valence-electron chi connectivity index (χ1n) is 6.52. The molecule has 0 spiro atoms. The molecule has 1 aliphatic rings. The molecule has 1 heterocycles. The van der Waals surface area contributed by atoms with Gasteiger partial charge >= 0.3 is 12.0 Å². The van der Waals surface area contributed by atoms with Crippen LogP contribution in [-0.4, -0.2) is 35.1 Å². The number of aryl methyl sites for hydroxylation is 1. The van der Waals surface area contributed by atoms with E-state index in [0.29, 0.717) is 19.4 Å². The average Bonchev–Trinajstić information content (AvgIpc) is 2.43. The van der Waals surface area contributed by atoms with Gasteiger partial charge in [-0.15, -0.1) is 0 Å². The van der Waals surface area contributed by atoms with Crippen molar-refractivity contribution in [2.45, 2.75) is 19.8 Å². The van der Waals surface area contributed by atoms with Gasteiger partial charge < -0.3 is 15.3 Å². The molecule has 0 bridgehead atoms. The third-order valence-corrected chi connectivity index (χ3v) is 3.42. The fraction of sp³-hybridized carbons (Fsp3) is 0.429. The second kappa shape index (κ2) is 5.90. The van der Waals surface area contributed by atoms with E-state index in [2.05, 4.69) is 5.32 Å². The monoisotopic (exact) mass is 280 g/mol. The molecule has 2 N–H and O–H groups in total. The maximum atomic E-state index is 13.6. The summed E-state index contributed by atoms with van der Waals surface area (Å²) in [5, 5.41) is 11.5. The van der Waals surface area contributed by atoms with Gasteiger partial charge in [-0.1, -0.05) is 6.07 Å². The minimum atomic E-state index is -0.899. The van der Waals surface area contributed by atoms with E-state index in [1.54, 1.807) is 19.1 Å². The van der Waals surface area contributed by atoms with E-state index in [9.17, 15) is 14.0 Å². The summed E-state index contributed by atoms with van der Waals surface area (Å²) in [6.45, 7) is 2.45. The van der Waals surface area contributed by atoms with Crippen LogP contribution in [0.3, 0.4) is 0 Å². The molecule has 0 aromatic heterocycles. The predicted octanol–water partition coefficient (Wildman–Crippen LogP) is 2.46. The highest BCUT2D eigenvalue weighted by Gasteiger charge is 2.28. The van der Waals surface area contributed by atoms with E-state index < -0.39 is 23.7 Å². The number of nitrogens with zero attached hydrogens (tertiary/aromatic N) is 1. The van der Waals surface area contributed by atoms with Gasteiger partial charge in [0.1, 0.15) is 5.82 Å². The van der Waals surface area contributed by atoms with Crippen LogP contribution in [0.1, 0.15) is 18.4 Å². The fourth-order valence-corrected chi connectivity index (χ4v) is 2.29. The molecule has 2 rings (SSSR count). The lowest BCUT2D eigenvalue weighted by Crippen LogP contribution is -2.44. The van der Waals surface area contributed by atoms with Crippen LogP contribution in [0.2, 0.25) is 0 Å². The van der Waals surface area contributed by atoms with Crippen LogP contribution < -0.4 is 5.32 Å². The van der Waals surface area contributed by atoms with E-state index in [4.69, 9.17) is 5.11 Å². The van der Waals surface area contributed by atoms with Gasteiger partial charge in [-0.3, -0.25) is 4.79 Å². The Labute approximate surface area is 116 Å². The lowest BCUT2D eigenvalue weighted by Gasteiger charge is -2.30. The quantitative estimate of drug-likeness (QED) is 0.874. The molecule has 108 valence electrons. The van der Waals surface area contributed by atoms with Crippen LogP contribution in [0.4, 0.5) is 14.9 Å². The Hall–Kier alpha value is -2.11. The number of rotatable bonds is 2. The smallest absolute Gasteiger partial charge is 0.321 e. The van der Waals surface area contributed by atoms with Gasteiger partial charge in [0.2, 0.25) is 0 Å². The summed E-state index contributed by atoms with van der Waals surface area (Å²) >= 11 is 0. The molecule has 1 aliphatic heterocycles. The maximum Gasteiger partial charge on any atom is 0.321 e. The van der Waals surface area contributed by atoms with Crippen molar-refractivity contribution in [1.29, 1.82) is 0 Å². The summed E-state index contributed by atoms with van der Waals surface area (Å²) in [5.74, 6) is -1.95. The van der Waals surface area contributed by atoms with Crippen molar-refractivity contribution in [2.75, 3.05) is 18.4 Å². The van der Waals surface area contributed by atoms with E-state index >= 15 is 0 Å². The minimum absolute atomic E-state index is 0.118. The van der Waals surface area contributed by atoms with Crippen molar-refractivity contribution in [3.63, 3.8) is 0 Å². The van der Waals surface area contributed by atoms with E-state index in [0.717, 1.165) is 5.56 Å². The highest BCUT2D eigenvalue weighted by atomic mass is 19.1. The molecule has 1 fully saturated rings. The first kappa shape index (κ1) is 14.3. The number of hydrogen-bond donors (Lipinski definition) is 2. The second-order valence-electron chi connectivity index (χ2n) is 5.04. The van der Waals surface area contributed by atoms with Gasteiger partial charge in [-0.25, -0.2) is 9.18 Å². The highest BCUT2D eigenvalue weighted by molar-refractivity contribution is 5.90. The van der Waals surface area contributed by atoms with Crippen molar-refractivity contribution in [2.24, 2.45) is 5.92 Å². The second-order valence-corrected chi connectivity index (χ2v) is 5.04. The number of carboxylic acids is 1. The lowest BCUT2D eigenvalue weighted by molar-refractivity contribution is -0.143. The van der Waals surface area contributed by atoms with Crippen LogP contribution >= 0.6 is 0 Å². The number of halogens is 1. The molecular weight excluding hydrogens is 263 g/mol. The van der Waals surface area contributed by atoms with Gasteiger partial charge in [0.05, 0.1) is 11.6 Å². The molecule has 5 nitrogen and oxygen atoms in total. The molecule has 1 aromatic carbocycles. The zero-order valence-electron chi connectivity index (χ0n) is 11.2. The summed E-state index contributed by atoms with van der Waals surface area (Å²) in [6.07, 6.45) is 1.21. The van der Waals surface area contributed by atoms with Crippen LogP contribution in [0, 0.1) is 18.7 Å². The minimum Gasteiger partial charge on any atom is -0.481 e. The highest BCUT2D eigenvalue weighted by Crippen LogP contribution is 2.20. The molecule has 1 saturated heterocycles. The standard InChI is InChI=1S/C14H17FN2O3/c1-9-4-5-11(15)12(7-9)16-14(20)17-6-2-3-10(8-17)13(18)19/h4-5,7,10H,2-3,6,8H2,1H3,(H,16,20)(H,18,19)/t10-/m0/s1. The SMILES string of the molecule is Cc1ccc(F)c(NC(=O)N2CCC[C@H](C(=O)O)C2)c1. The number of nitrogens with one attached hydrogen (secondary N) is 1. The summed E-state index contributed by atoms with van der Waals surface area (Å²) in [4.78, 5) is 24.4. The molecule has 6 heteroatoms. The number of benzene rings is 1. The number of carbonyl (C=O) groups excluding carboxylic acids is 1. The predicted molar refractivity (Wildman–Crippen MR) is 72.1 cm³/mol. The number of amides is 2. The molecule has 0 unspecified atom stereocenters. The van der Waals surface area contributed by atoms with Crippen LogP contribution in [0.15, 0.2) is 18.2 Å². The van der Waals surface area contributed by atoms with Crippen molar-refractivity contribution in [1.82, 2.24) is 4.90 Å². The zero-order chi connectivity index (χ0) is 14.7. The molecule has 2 amide bonds. The third kappa shape index (κ3) is 3.26. The largest absolute Gasteiger partial charge is 0.481 e. The molecule has 1 aromatic rings. The van der Waals surface area contributed by atoms with Crippen LogP contribution in [-0.2, 0) is 4.79 Å². The van der Waals surface area contributed by atoms with E-state index in [-0.39, 0.29) is 12.2 Å². The van der Waals surface area contributed by atoms with Gasteiger partial charge in [-0.2, -0.15) is 0 Å². The normalized spacial score (nSPS) is 18.7. The number of piperidine rings is 1.